The normalized spacial score (nSPS) is 24.7. The fraction of sp³-hybridized carbons (Fsp3) is 0.462. The molecule has 4 nitrogen and oxygen atoms in total. The number of nitrogens with zero attached hydrogens (tertiary/aromatic N) is 1. The molecule has 1 aliphatic rings. The van der Waals surface area contributed by atoms with Gasteiger partial charge in [0.2, 0.25) is 0 Å². The minimum Gasteiger partial charge on any atom is -0.465 e. The van der Waals surface area contributed by atoms with Crippen molar-refractivity contribution in [3.63, 3.8) is 0 Å². The van der Waals surface area contributed by atoms with E-state index in [0.717, 1.165) is 24.0 Å². The monoisotopic (exact) mass is 234 g/mol. The summed E-state index contributed by atoms with van der Waals surface area (Å²) in [4.78, 5) is 12.7. The lowest BCUT2D eigenvalue weighted by Gasteiger charge is -2.38. The Morgan fingerprint density at radius 3 is 2.82 bits per heavy atom. The Hall–Kier alpha value is -1.55. The molecule has 1 aromatic rings. The van der Waals surface area contributed by atoms with Gasteiger partial charge in [-0.15, -0.1) is 0 Å². The number of hydrogen-bond acceptors (Lipinski definition) is 2. The van der Waals surface area contributed by atoms with Crippen molar-refractivity contribution < 1.29 is 9.90 Å². The smallest absolute Gasteiger partial charge is 0.407 e. The van der Waals surface area contributed by atoms with Crippen LogP contribution in [0, 0.1) is 6.92 Å². The van der Waals surface area contributed by atoms with Crippen molar-refractivity contribution in [3.05, 3.63) is 35.4 Å². The second kappa shape index (κ2) is 4.75. The van der Waals surface area contributed by atoms with Gasteiger partial charge in [-0.2, -0.15) is 0 Å². The minimum atomic E-state index is -0.881. The number of carboxylic acid groups (broad SMARTS) is 1. The van der Waals surface area contributed by atoms with Crippen LogP contribution in [0.1, 0.15) is 30.0 Å². The predicted octanol–water partition coefficient (Wildman–Crippen LogP) is 2.14. The molecule has 0 aliphatic carbocycles. The van der Waals surface area contributed by atoms with Gasteiger partial charge in [0.1, 0.15) is 0 Å². The van der Waals surface area contributed by atoms with Crippen molar-refractivity contribution in [2.24, 2.45) is 5.73 Å². The molecule has 3 N–H and O–H groups in total. The van der Waals surface area contributed by atoms with Gasteiger partial charge >= 0.3 is 6.09 Å². The molecule has 1 heterocycles. The molecule has 2 atom stereocenters. The third-order valence-corrected chi connectivity index (χ3v) is 3.43. The SMILES string of the molecule is Cc1ccccc1[C@H]1[C@H](N)CCCN1C(=O)O. The first-order chi connectivity index (χ1) is 8.11. The van der Waals surface area contributed by atoms with E-state index >= 15 is 0 Å². The van der Waals surface area contributed by atoms with Crippen LogP contribution in [0.4, 0.5) is 4.79 Å². The second-order valence-electron chi connectivity index (χ2n) is 4.58. The summed E-state index contributed by atoms with van der Waals surface area (Å²) in [6.07, 6.45) is 0.840. The summed E-state index contributed by atoms with van der Waals surface area (Å²) >= 11 is 0. The maximum absolute atomic E-state index is 11.3. The Morgan fingerprint density at radius 2 is 2.18 bits per heavy atom. The third-order valence-electron chi connectivity index (χ3n) is 3.43. The van der Waals surface area contributed by atoms with Gasteiger partial charge < -0.3 is 10.8 Å². The van der Waals surface area contributed by atoms with E-state index in [0.29, 0.717) is 6.54 Å². The number of aryl methyl sites for hydroxylation is 1. The summed E-state index contributed by atoms with van der Waals surface area (Å²) in [5.41, 5.74) is 8.23. The zero-order valence-corrected chi connectivity index (χ0v) is 9.97. The fourth-order valence-electron chi connectivity index (χ4n) is 2.56. The molecule has 0 spiro atoms. The summed E-state index contributed by atoms with van der Waals surface area (Å²) < 4.78 is 0. The van der Waals surface area contributed by atoms with E-state index < -0.39 is 6.09 Å². The standard InChI is InChI=1S/C13H18N2O2/c1-9-5-2-3-6-10(9)12-11(14)7-4-8-15(12)13(16)17/h2-3,5-6,11-12H,4,7-8,14H2,1H3,(H,16,17)/t11-,12+/m1/s1. The topological polar surface area (TPSA) is 66.6 Å². The highest BCUT2D eigenvalue weighted by Crippen LogP contribution is 2.31. The third kappa shape index (κ3) is 2.26. The van der Waals surface area contributed by atoms with E-state index in [2.05, 4.69) is 0 Å². The quantitative estimate of drug-likeness (QED) is 0.782. The van der Waals surface area contributed by atoms with E-state index in [9.17, 15) is 9.90 Å². The van der Waals surface area contributed by atoms with Gasteiger partial charge in [0, 0.05) is 12.6 Å². The highest BCUT2D eigenvalue weighted by atomic mass is 16.4. The highest BCUT2D eigenvalue weighted by Gasteiger charge is 2.33. The highest BCUT2D eigenvalue weighted by molar-refractivity contribution is 5.66. The van der Waals surface area contributed by atoms with Gasteiger partial charge in [-0.05, 0) is 30.9 Å². The van der Waals surface area contributed by atoms with Crippen LogP contribution in [-0.4, -0.2) is 28.7 Å². The van der Waals surface area contributed by atoms with Gasteiger partial charge in [-0.3, -0.25) is 4.90 Å². The van der Waals surface area contributed by atoms with E-state index in [4.69, 9.17) is 5.73 Å². The Bertz CT molecular complexity index is 420. The number of benzene rings is 1. The van der Waals surface area contributed by atoms with Gasteiger partial charge in [0.05, 0.1) is 6.04 Å². The maximum Gasteiger partial charge on any atom is 0.407 e. The van der Waals surface area contributed by atoms with Crippen LogP contribution >= 0.6 is 0 Å². The number of hydrogen-bond donors (Lipinski definition) is 2. The molecule has 0 saturated carbocycles. The molecule has 4 heteroatoms. The van der Waals surface area contributed by atoms with E-state index in [-0.39, 0.29) is 12.1 Å². The van der Waals surface area contributed by atoms with Gasteiger partial charge in [-0.1, -0.05) is 24.3 Å². The summed E-state index contributed by atoms with van der Waals surface area (Å²) in [6, 6.07) is 7.54. The molecule has 1 fully saturated rings. The van der Waals surface area contributed by atoms with Crippen LogP contribution in [0.5, 0.6) is 0 Å². The molecule has 0 unspecified atom stereocenters. The molecule has 0 aromatic heterocycles. The summed E-state index contributed by atoms with van der Waals surface area (Å²) in [6.45, 7) is 2.57. The Morgan fingerprint density at radius 1 is 1.47 bits per heavy atom. The van der Waals surface area contributed by atoms with Crippen LogP contribution in [-0.2, 0) is 0 Å². The van der Waals surface area contributed by atoms with Crippen molar-refractivity contribution in [1.29, 1.82) is 0 Å². The largest absolute Gasteiger partial charge is 0.465 e. The molecule has 1 saturated heterocycles. The minimum absolute atomic E-state index is 0.110. The number of amides is 1. The van der Waals surface area contributed by atoms with Crippen molar-refractivity contribution in [1.82, 2.24) is 4.90 Å². The van der Waals surface area contributed by atoms with Crippen molar-refractivity contribution in [2.45, 2.75) is 31.8 Å². The lowest BCUT2D eigenvalue weighted by molar-refractivity contribution is 0.0972. The molecule has 2 rings (SSSR count). The molecular weight excluding hydrogens is 216 g/mol. The zero-order chi connectivity index (χ0) is 12.4. The molecule has 0 bridgehead atoms. The molecule has 1 amide bonds. The van der Waals surface area contributed by atoms with E-state index in [1.54, 1.807) is 0 Å². The average Bonchev–Trinajstić information content (AvgIpc) is 2.30. The Balaban J connectivity index is 2.38. The van der Waals surface area contributed by atoms with Crippen molar-refractivity contribution in [2.75, 3.05) is 6.54 Å². The van der Waals surface area contributed by atoms with Crippen molar-refractivity contribution in [3.8, 4) is 0 Å². The first-order valence-corrected chi connectivity index (χ1v) is 5.92. The van der Waals surface area contributed by atoms with Crippen LogP contribution in [0.25, 0.3) is 0 Å². The number of carbonyl (C=O) groups is 1. The fourth-order valence-corrected chi connectivity index (χ4v) is 2.56. The maximum atomic E-state index is 11.3. The number of piperidine rings is 1. The van der Waals surface area contributed by atoms with E-state index in [1.807, 2.05) is 31.2 Å². The summed E-state index contributed by atoms with van der Waals surface area (Å²) in [5.74, 6) is 0. The lowest BCUT2D eigenvalue weighted by Crippen LogP contribution is -2.48. The lowest BCUT2D eigenvalue weighted by atomic mass is 9.89. The molecule has 17 heavy (non-hydrogen) atoms. The van der Waals surface area contributed by atoms with Crippen LogP contribution in [0.3, 0.4) is 0 Å². The number of rotatable bonds is 1. The Labute approximate surface area is 101 Å². The van der Waals surface area contributed by atoms with Crippen LogP contribution in [0.2, 0.25) is 0 Å². The van der Waals surface area contributed by atoms with Gasteiger partial charge in [0.25, 0.3) is 0 Å². The van der Waals surface area contributed by atoms with Gasteiger partial charge in [0.15, 0.2) is 0 Å². The summed E-state index contributed by atoms with van der Waals surface area (Å²) in [5, 5.41) is 9.25. The van der Waals surface area contributed by atoms with Crippen LogP contribution < -0.4 is 5.73 Å². The van der Waals surface area contributed by atoms with Crippen molar-refractivity contribution >= 4 is 6.09 Å². The molecule has 92 valence electrons. The summed E-state index contributed by atoms with van der Waals surface area (Å²) in [7, 11) is 0. The average molecular weight is 234 g/mol. The number of nitrogens with two attached hydrogens (primary N) is 1. The molecule has 0 radical (unpaired) electrons. The first kappa shape index (κ1) is 11.9. The molecule has 1 aliphatic heterocycles. The second-order valence-corrected chi connectivity index (χ2v) is 4.58. The van der Waals surface area contributed by atoms with E-state index in [1.165, 1.54) is 4.90 Å². The van der Waals surface area contributed by atoms with Crippen LogP contribution in [0.15, 0.2) is 24.3 Å². The number of likely N-dealkylation sites (tertiary alicyclic amines) is 1. The zero-order valence-electron chi connectivity index (χ0n) is 9.97. The Kier molecular flexibility index (Phi) is 3.33. The molecule has 1 aromatic carbocycles. The molecular formula is C13H18N2O2. The predicted molar refractivity (Wildman–Crippen MR) is 65.9 cm³/mol. The first-order valence-electron chi connectivity index (χ1n) is 5.92. The van der Waals surface area contributed by atoms with Gasteiger partial charge in [-0.25, -0.2) is 4.79 Å².